The van der Waals surface area contributed by atoms with E-state index in [-0.39, 0.29) is 70.2 Å². The second-order valence-electron chi connectivity index (χ2n) is 20.9. The van der Waals surface area contributed by atoms with Crippen molar-refractivity contribution in [3.8, 4) is 0 Å². The van der Waals surface area contributed by atoms with Crippen LogP contribution in [0.15, 0.2) is 0 Å². The number of hydrogen-bond donors (Lipinski definition) is 6. The molecule has 0 radical (unpaired) electrons. The van der Waals surface area contributed by atoms with Crippen LogP contribution in [0.1, 0.15) is 205 Å². The van der Waals surface area contributed by atoms with Gasteiger partial charge in [0.15, 0.2) is 0 Å². The van der Waals surface area contributed by atoms with Crippen molar-refractivity contribution in [2.75, 3.05) is 39.6 Å². The van der Waals surface area contributed by atoms with Crippen LogP contribution in [0.5, 0.6) is 0 Å². The minimum atomic E-state index is -0.306. The fourth-order valence-electron chi connectivity index (χ4n) is 2.78. The van der Waals surface area contributed by atoms with E-state index in [0.29, 0.717) is 39.6 Å². The van der Waals surface area contributed by atoms with E-state index in [1.807, 2.05) is 166 Å². The highest BCUT2D eigenvalue weighted by molar-refractivity contribution is 4.64. The zero-order chi connectivity index (χ0) is 49.2. The first-order valence-electron chi connectivity index (χ1n) is 22.6. The summed E-state index contributed by atoms with van der Waals surface area (Å²) in [4.78, 5) is 0. The fraction of sp³-hybridized carbons (Fsp3) is 1.00. The molecule has 60 heavy (non-hydrogen) atoms. The third-order valence-corrected chi connectivity index (χ3v) is 7.08. The molecular weight excluding hydrogens is 769 g/mol. The standard InChI is InChI=1S/6C8H18O2/c6*1-5-7(9)6-10-8(2,3)4/h6*7,9H,5-6H2,1-4H3/t4*7-;;/m1100../s1. The third kappa shape index (κ3) is 81.4. The largest absolute Gasteiger partial charge is 0.391 e. The first-order chi connectivity index (χ1) is 26.7. The molecular formula is C48H108O12. The van der Waals surface area contributed by atoms with Crippen LogP contribution >= 0.6 is 0 Å². The molecule has 0 bridgehead atoms. The Morgan fingerprint density at radius 2 is 0.317 bits per heavy atom. The molecule has 0 saturated carbocycles. The monoisotopic (exact) mass is 877 g/mol. The molecule has 0 aliphatic heterocycles. The zero-order valence-electron chi connectivity index (χ0n) is 44.1. The van der Waals surface area contributed by atoms with Gasteiger partial charge in [-0.1, -0.05) is 41.5 Å². The lowest BCUT2D eigenvalue weighted by molar-refractivity contribution is -0.0493. The van der Waals surface area contributed by atoms with E-state index in [4.69, 9.17) is 59.1 Å². The Labute approximate surface area is 372 Å². The van der Waals surface area contributed by atoms with E-state index < -0.39 is 0 Å². The summed E-state index contributed by atoms with van der Waals surface area (Å²) in [6, 6.07) is 0. The van der Waals surface area contributed by atoms with Gasteiger partial charge < -0.3 is 59.1 Å². The Bertz CT molecular complexity index is 689. The van der Waals surface area contributed by atoms with Crippen LogP contribution in [0, 0.1) is 0 Å². The first-order valence-corrected chi connectivity index (χ1v) is 22.6. The Morgan fingerprint density at radius 1 is 0.233 bits per heavy atom. The molecule has 0 aromatic carbocycles. The van der Waals surface area contributed by atoms with Crippen LogP contribution in [0.25, 0.3) is 0 Å². The molecule has 0 aromatic rings. The van der Waals surface area contributed by atoms with Crippen molar-refractivity contribution >= 4 is 0 Å². The van der Waals surface area contributed by atoms with Gasteiger partial charge in [-0.2, -0.15) is 0 Å². The van der Waals surface area contributed by atoms with Crippen LogP contribution < -0.4 is 0 Å². The Balaban J connectivity index is -0.000000146. The van der Waals surface area contributed by atoms with Crippen LogP contribution in [0.3, 0.4) is 0 Å². The van der Waals surface area contributed by atoms with E-state index in [1.54, 1.807) is 0 Å². The topological polar surface area (TPSA) is 177 Å². The van der Waals surface area contributed by atoms with Gasteiger partial charge in [0.05, 0.1) is 110 Å². The van der Waals surface area contributed by atoms with Gasteiger partial charge >= 0.3 is 0 Å². The molecule has 6 atom stereocenters. The quantitative estimate of drug-likeness (QED) is 0.0771. The first kappa shape index (κ1) is 71.2. The predicted molar refractivity (Wildman–Crippen MR) is 252 cm³/mol. The van der Waals surface area contributed by atoms with Gasteiger partial charge in [0.25, 0.3) is 0 Å². The summed E-state index contributed by atoms with van der Waals surface area (Å²) in [6.45, 7) is 50.0. The van der Waals surface area contributed by atoms with Gasteiger partial charge in [0.1, 0.15) is 0 Å². The van der Waals surface area contributed by atoms with Crippen molar-refractivity contribution in [1.29, 1.82) is 0 Å². The van der Waals surface area contributed by atoms with Gasteiger partial charge in [-0.15, -0.1) is 0 Å². The maximum absolute atomic E-state index is 9.10. The number of ether oxygens (including phenoxy) is 6. The average molecular weight is 877 g/mol. The number of rotatable bonds is 18. The summed E-state index contributed by atoms with van der Waals surface area (Å²) in [7, 11) is 0. The maximum atomic E-state index is 9.10. The molecule has 0 amide bonds. The molecule has 2 unspecified atom stereocenters. The van der Waals surface area contributed by atoms with Crippen molar-refractivity contribution in [2.45, 2.75) is 275 Å². The molecule has 0 saturated heterocycles. The van der Waals surface area contributed by atoms with Gasteiger partial charge in [-0.3, -0.25) is 0 Å². The molecule has 0 spiro atoms. The fourth-order valence-corrected chi connectivity index (χ4v) is 2.78. The van der Waals surface area contributed by atoms with Crippen molar-refractivity contribution in [1.82, 2.24) is 0 Å². The summed E-state index contributed by atoms with van der Waals surface area (Å²) in [5.41, 5.74) is -0.773. The summed E-state index contributed by atoms with van der Waals surface area (Å²) in [5.74, 6) is 0. The number of hydrogen-bond acceptors (Lipinski definition) is 12. The minimum Gasteiger partial charge on any atom is -0.391 e. The SMILES string of the molecule is CCC(O)COC(C)(C)C.CCC(O)COC(C)(C)C.CC[C@@H](O)COC(C)(C)C.CC[C@@H](O)COC(C)(C)C.CC[C@H](O)COC(C)(C)C.CC[C@H](O)COC(C)(C)C. The van der Waals surface area contributed by atoms with Gasteiger partial charge in [0, 0.05) is 0 Å². The van der Waals surface area contributed by atoms with Crippen LogP contribution in [0.2, 0.25) is 0 Å². The van der Waals surface area contributed by atoms with E-state index in [1.165, 1.54) is 0 Å². The summed E-state index contributed by atoms with van der Waals surface area (Å²) in [5, 5.41) is 54.6. The van der Waals surface area contributed by atoms with E-state index >= 15 is 0 Å². The Hall–Kier alpha value is -0.480. The number of aliphatic hydroxyl groups is 6. The highest BCUT2D eigenvalue weighted by atomic mass is 16.5. The maximum Gasteiger partial charge on any atom is 0.0771 e. The lowest BCUT2D eigenvalue weighted by atomic mass is 10.2. The van der Waals surface area contributed by atoms with Gasteiger partial charge in [-0.05, 0) is 163 Å². The second-order valence-corrected chi connectivity index (χ2v) is 20.9. The summed E-state index contributed by atoms with van der Waals surface area (Å²) >= 11 is 0. The van der Waals surface area contributed by atoms with Crippen molar-refractivity contribution in [3.63, 3.8) is 0 Å². The average Bonchev–Trinajstić information content (AvgIpc) is 3.11. The minimum absolute atomic E-state index is 0.129. The molecule has 0 aliphatic carbocycles. The second kappa shape index (κ2) is 37.9. The lowest BCUT2D eigenvalue weighted by Crippen LogP contribution is -2.25. The van der Waals surface area contributed by atoms with E-state index in [9.17, 15) is 0 Å². The third-order valence-electron chi connectivity index (χ3n) is 7.08. The van der Waals surface area contributed by atoms with Crippen LogP contribution in [-0.2, 0) is 28.4 Å². The molecule has 6 N–H and O–H groups in total. The molecule has 0 aliphatic rings. The predicted octanol–water partition coefficient (Wildman–Crippen LogP) is 9.43. The Morgan fingerprint density at radius 3 is 0.367 bits per heavy atom. The lowest BCUT2D eigenvalue weighted by Gasteiger charge is -2.21. The number of aliphatic hydroxyl groups excluding tert-OH is 6. The van der Waals surface area contributed by atoms with Crippen LogP contribution in [0.4, 0.5) is 0 Å². The van der Waals surface area contributed by atoms with Gasteiger partial charge in [0.2, 0.25) is 0 Å². The molecule has 12 heteroatoms. The van der Waals surface area contributed by atoms with E-state index in [2.05, 4.69) is 0 Å². The molecule has 0 rings (SSSR count). The molecule has 12 nitrogen and oxygen atoms in total. The molecule has 372 valence electrons. The molecule has 0 heterocycles. The van der Waals surface area contributed by atoms with Crippen molar-refractivity contribution in [2.24, 2.45) is 0 Å². The highest BCUT2D eigenvalue weighted by Gasteiger charge is 2.15. The van der Waals surface area contributed by atoms with Crippen LogP contribution in [-0.4, -0.2) is 141 Å². The summed E-state index contributed by atoms with van der Waals surface area (Å²) in [6.07, 6.45) is 2.72. The Kier molecular flexibility index (Phi) is 44.9. The van der Waals surface area contributed by atoms with Crippen molar-refractivity contribution in [3.05, 3.63) is 0 Å². The molecule has 0 aromatic heterocycles. The highest BCUT2D eigenvalue weighted by Crippen LogP contribution is 2.11. The van der Waals surface area contributed by atoms with Gasteiger partial charge in [-0.25, -0.2) is 0 Å². The summed E-state index contributed by atoms with van der Waals surface area (Å²) < 4.78 is 32.0. The van der Waals surface area contributed by atoms with Crippen molar-refractivity contribution < 1.29 is 59.1 Å². The normalized spacial score (nSPS) is 15.3. The zero-order valence-corrected chi connectivity index (χ0v) is 44.1. The molecule has 0 fully saturated rings. The van der Waals surface area contributed by atoms with E-state index in [0.717, 1.165) is 38.5 Å². The smallest absolute Gasteiger partial charge is 0.0771 e.